The van der Waals surface area contributed by atoms with Gasteiger partial charge in [-0.2, -0.15) is 8.42 Å². The minimum atomic E-state index is -3.50. The molecular formula is C27H48O5S. The van der Waals surface area contributed by atoms with E-state index in [0.29, 0.717) is 19.8 Å². The molecule has 0 fully saturated rings. The first-order chi connectivity index (χ1) is 16.0. The van der Waals surface area contributed by atoms with Crippen LogP contribution < -0.4 is 0 Å². The molecule has 1 rings (SSSR count). The summed E-state index contributed by atoms with van der Waals surface area (Å²) in [6.07, 6.45) is 19.3. The van der Waals surface area contributed by atoms with Crippen molar-refractivity contribution in [2.75, 3.05) is 26.1 Å². The van der Waals surface area contributed by atoms with E-state index < -0.39 is 16.2 Å². The van der Waals surface area contributed by atoms with Crippen molar-refractivity contribution in [1.82, 2.24) is 0 Å². The lowest BCUT2D eigenvalue weighted by atomic mass is 10.0. The van der Waals surface area contributed by atoms with Crippen LogP contribution in [-0.4, -0.2) is 40.6 Å². The molecule has 0 heterocycles. The highest BCUT2D eigenvalue weighted by atomic mass is 32.2. The van der Waals surface area contributed by atoms with Crippen molar-refractivity contribution in [3.05, 3.63) is 35.9 Å². The second-order valence-corrected chi connectivity index (χ2v) is 10.7. The zero-order valence-electron chi connectivity index (χ0n) is 21.1. The van der Waals surface area contributed by atoms with Crippen molar-refractivity contribution in [3.8, 4) is 0 Å². The number of unbranched alkanes of at least 4 members (excludes halogenated alkanes) is 13. The first kappa shape index (κ1) is 30.1. The summed E-state index contributed by atoms with van der Waals surface area (Å²) in [6.45, 7) is 3.65. The number of hydrogen-bond donors (Lipinski definition) is 0. The Labute approximate surface area is 203 Å². The van der Waals surface area contributed by atoms with E-state index in [0.717, 1.165) is 18.2 Å². The second-order valence-electron chi connectivity index (χ2n) is 9.08. The van der Waals surface area contributed by atoms with Crippen molar-refractivity contribution < 1.29 is 22.1 Å². The normalized spacial score (nSPS) is 12.8. The van der Waals surface area contributed by atoms with Crippen LogP contribution in [0.25, 0.3) is 0 Å². The second kappa shape index (κ2) is 20.4. The number of rotatable bonds is 23. The average molecular weight is 485 g/mol. The fourth-order valence-corrected chi connectivity index (χ4v) is 4.14. The van der Waals surface area contributed by atoms with Crippen molar-refractivity contribution in [2.24, 2.45) is 0 Å². The molecule has 192 valence electrons. The number of hydrogen-bond acceptors (Lipinski definition) is 5. The summed E-state index contributed by atoms with van der Waals surface area (Å²) in [6, 6.07) is 9.81. The van der Waals surface area contributed by atoms with Crippen molar-refractivity contribution in [1.29, 1.82) is 0 Å². The Bertz CT molecular complexity index is 648. The molecule has 0 aliphatic carbocycles. The van der Waals surface area contributed by atoms with Crippen molar-refractivity contribution >= 4 is 10.1 Å². The summed E-state index contributed by atoms with van der Waals surface area (Å²) >= 11 is 0. The maximum absolute atomic E-state index is 11.3. The van der Waals surface area contributed by atoms with Crippen LogP contribution in [0.4, 0.5) is 0 Å². The van der Waals surface area contributed by atoms with Gasteiger partial charge in [-0.25, -0.2) is 0 Å². The quantitative estimate of drug-likeness (QED) is 0.123. The van der Waals surface area contributed by atoms with Crippen LogP contribution in [0.1, 0.15) is 102 Å². The van der Waals surface area contributed by atoms with Crippen LogP contribution in [0.3, 0.4) is 0 Å². The van der Waals surface area contributed by atoms with Crippen LogP contribution in [0, 0.1) is 0 Å². The molecule has 6 heteroatoms. The Morgan fingerprint density at radius 3 is 1.76 bits per heavy atom. The van der Waals surface area contributed by atoms with Gasteiger partial charge in [-0.1, -0.05) is 121 Å². The Morgan fingerprint density at radius 1 is 0.727 bits per heavy atom. The molecule has 0 bridgehead atoms. The lowest BCUT2D eigenvalue weighted by Crippen LogP contribution is -2.27. The van der Waals surface area contributed by atoms with Crippen LogP contribution in [0.2, 0.25) is 0 Å². The number of ether oxygens (including phenoxy) is 2. The third kappa shape index (κ3) is 20.2. The summed E-state index contributed by atoms with van der Waals surface area (Å²) < 4.78 is 39.1. The highest BCUT2D eigenvalue weighted by Crippen LogP contribution is 2.13. The van der Waals surface area contributed by atoms with Gasteiger partial charge in [-0.15, -0.1) is 0 Å². The maximum Gasteiger partial charge on any atom is 0.264 e. The summed E-state index contributed by atoms with van der Waals surface area (Å²) in [5.74, 6) is 0. The van der Waals surface area contributed by atoms with E-state index in [1.165, 1.54) is 83.5 Å². The highest BCUT2D eigenvalue weighted by Gasteiger charge is 2.14. The van der Waals surface area contributed by atoms with Gasteiger partial charge in [0.1, 0.15) is 6.10 Å². The molecule has 1 unspecified atom stereocenters. The van der Waals surface area contributed by atoms with Gasteiger partial charge < -0.3 is 9.47 Å². The molecule has 1 aromatic rings. The molecule has 0 amide bonds. The Kier molecular flexibility index (Phi) is 18.6. The van der Waals surface area contributed by atoms with E-state index in [1.54, 1.807) is 0 Å². The van der Waals surface area contributed by atoms with Crippen LogP contribution in [0.5, 0.6) is 0 Å². The van der Waals surface area contributed by atoms with Crippen LogP contribution in [0.15, 0.2) is 30.3 Å². The minimum Gasteiger partial charge on any atom is -0.379 e. The Morgan fingerprint density at radius 2 is 1.24 bits per heavy atom. The molecule has 1 atom stereocenters. The van der Waals surface area contributed by atoms with Gasteiger partial charge in [-0.3, -0.25) is 4.18 Å². The molecule has 0 radical (unpaired) electrons. The zero-order valence-corrected chi connectivity index (χ0v) is 22.0. The first-order valence-corrected chi connectivity index (χ1v) is 14.9. The molecule has 0 saturated carbocycles. The number of benzene rings is 1. The molecule has 0 aliphatic rings. The smallest absolute Gasteiger partial charge is 0.264 e. The summed E-state index contributed by atoms with van der Waals surface area (Å²) in [5, 5.41) is 0. The SMILES string of the molecule is CCCCCCCCCCCCCCCCOCC(COS(C)(=O)=O)OCc1ccccc1. The van der Waals surface area contributed by atoms with Gasteiger partial charge in [0.05, 0.1) is 26.1 Å². The molecule has 0 saturated heterocycles. The molecule has 1 aromatic carbocycles. The molecule has 33 heavy (non-hydrogen) atoms. The predicted octanol–water partition coefficient (Wildman–Crippen LogP) is 7.05. The summed E-state index contributed by atoms with van der Waals surface area (Å²) in [4.78, 5) is 0. The summed E-state index contributed by atoms with van der Waals surface area (Å²) in [7, 11) is -3.50. The van der Waals surface area contributed by atoms with Gasteiger partial charge in [0.15, 0.2) is 0 Å². The highest BCUT2D eigenvalue weighted by molar-refractivity contribution is 7.85. The van der Waals surface area contributed by atoms with E-state index in [4.69, 9.17) is 13.7 Å². The standard InChI is InChI=1S/C27H48O5S/c1-3-4-5-6-7-8-9-10-11-12-13-14-15-19-22-30-24-27(25-32-33(2,28)29)31-23-26-20-17-16-18-21-26/h16-18,20-21,27H,3-15,19,22-25H2,1-2H3. The predicted molar refractivity (Wildman–Crippen MR) is 137 cm³/mol. The lowest BCUT2D eigenvalue weighted by molar-refractivity contribution is -0.0443. The van der Waals surface area contributed by atoms with Crippen LogP contribution in [-0.2, 0) is 30.4 Å². The van der Waals surface area contributed by atoms with E-state index in [9.17, 15) is 8.42 Å². The molecule has 0 N–H and O–H groups in total. The zero-order chi connectivity index (χ0) is 24.0. The molecule has 0 aliphatic heterocycles. The first-order valence-electron chi connectivity index (χ1n) is 13.1. The molecule has 0 spiro atoms. The van der Waals surface area contributed by atoms with Crippen LogP contribution >= 0.6 is 0 Å². The molecular weight excluding hydrogens is 436 g/mol. The van der Waals surface area contributed by atoms with E-state index >= 15 is 0 Å². The van der Waals surface area contributed by atoms with E-state index in [-0.39, 0.29) is 6.61 Å². The fraction of sp³-hybridized carbons (Fsp3) is 0.778. The van der Waals surface area contributed by atoms with E-state index in [1.807, 2.05) is 30.3 Å². The van der Waals surface area contributed by atoms with E-state index in [2.05, 4.69) is 6.92 Å². The molecule has 5 nitrogen and oxygen atoms in total. The Balaban J connectivity index is 2.01. The fourth-order valence-electron chi connectivity index (χ4n) is 3.75. The van der Waals surface area contributed by atoms with Gasteiger partial charge in [0.2, 0.25) is 0 Å². The Hall–Kier alpha value is -0.950. The third-order valence-electron chi connectivity index (χ3n) is 5.74. The minimum absolute atomic E-state index is 0.0234. The largest absolute Gasteiger partial charge is 0.379 e. The van der Waals surface area contributed by atoms with Gasteiger partial charge in [0, 0.05) is 6.61 Å². The van der Waals surface area contributed by atoms with Crippen molar-refractivity contribution in [3.63, 3.8) is 0 Å². The lowest BCUT2D eigenvalue weighted by Gasteiger charge is -2.18. The molecule has 0 aromatic heterocycles. The summed E-state index contributed by atoms with van der Waals surface area (Å²) in [5.41, 5.74) is 1.04. The average Bonchev–Trinajstić information content (AvgIpc) is 2.80. The maximum atomic E-state index is 11.3. The van der Waals surface area contributed by atoms with Gasteiger partial charge in [-0.05, 0) is 12.0 Å². The topological polar surface area (TPSA) is 61.8 Å². The van der Waals surface area contributed by atoms with Gasteiger partial charge in [0.25, 0.3) is 10.1 Å². The monoisotopic (exact) mass is 484 g/mol. The third-order valence-corrected chi connectivity index (χ3v) is 6.31. The van der Waals surface area contributed by atoms with Gasteiger partial charge >= 0.3 is 0 Å². The van der Waals surface area contributed by atoms with Crippen molar-refractivity contribution in [2.45, 2.75) is 110 Å².